The molecule has 0 unspecified atom stereocenters. The van der Waals surface area contributed by atoms with Gasteiger partial charge in [-0.15, -0.1) is 0 Å². The normalized spacial score (nSPS) is 11.0. The van der Waals surface area contributed by atoms with Gasteiger partial charge in [-0.2, -0.15) is 0 Å². The molecule has 0 aromatic rings. The van der Waals surface area contributed by atoms with Crippen LogP contribution in [0.25, 0.3) is 0 Å². The van der Waals surface area contributed by atoms with Crippen LogP contribution in [0, 0.1) is 0 Å². The van der Waals surface area contributed by atoms with Crippen molar-refractivity contribution in [3.63, 3.8) is 0 Å². The van der Waals surface area contributed by atoms with Crippen LogP contribution in [-0.4, -0.2) is 19.6 Å². The van der Waals surface area contributed by atoms with Gasteiger partial charge in [0.15, 0.2) is 0 Å². The Bertz CT molecular complexity index is 146. The molecule has 0 amide bonds. The Morgan fingerprint density at radius 2 is 2.18 bits per heavy atom. The Labute approximate surface area is 67.4 Å². The first kappa shape index (κ1) is 10.0. The first-order valence-electron chi connectivity index (χ1n) is 3.79. The first-order valence-corrected chi connectivity index (χ1v) is 3.79. The molecule has 0 spiro atoms. The summed E-state index contributed by atoms with van der Waals surface area (Å²) in [6, 6.07) is 0. The van der Waals surface area contributed by atoms with E-state index in [-0.39, 0.29) is 5.97 Å². The van der Waals surface area contributed by atoms with E-state index < -0.39 is 0 Å². The van der Waals surface area contributed by atoms with Gasteiger partial charge < -0.3 is 10.1 Å². The molecule has 0 aliphatic heterocycles. The van der Waals surface area contributed by atoms with Gasteiger partial charge in [-0.05, 0) is 13.3 Å². The molecule has 0 aliphatic carbocycles. The number of hydrogen-bond acceptors (Lipinski definition) is 3. The van der Waals surface area contributed by atoms with Gasteiger partial charge in [0, 0.05) is 18.8 Å². The summed E-state index contributed by atoms with van der Waals surface area (Å²) in [4.78, 5) is 10.8. The van der Waals surface area contributed by atoms with Gasteiger partial charge in [0.25, 0.3) is 0 Å². The number of allylic oxidation sites excluding steroid dienone is 1. The van der Waals surface area contributed by atoms with E-state index in [2.05, 4.69) is 5.32 Å². The molecular formula is C8H15NO2. The maximum absolute atomic E-state index is 10.8. The number of nitrogens with one attached hydrogen (secondary N) is 1. The van der Waals surface area contributed by atoms with Crippen molar-refractivity contribution in [3.8, 4) is 0 Å². The Morgan fingerprint density at radius 3 is 2.55 bits per heavy atom. The molecule has 1 N–H and O–H groups in total. The van der Waals surface area contributed by atoms with Crippen molar-refractivity contribution >= 4 is 5.97 Å². The highest BCUT2D eigenvalue weighted by Crippen LogP contribution is 1.94. The molecule has 0 heterocycles. The molecule has 0 saturated heterocycles. The molecule has 0 saturated carbocycles. The van der Waals surface area contributed by atoms with Crippen molar-refractivity contribution < 1.29 is 9.53 Å². The number of carbonyl (C=O) groups is 1. The van der Waals surface area contributed by atoms with Crippen LogP contribution in [0.3, 0.4) is 0 Å². The molecule has 0 aromatic carbocycles. The summed E-state index contributed by atoms with van der Waals surface area (Å²) in [6.45, 7) is 4.19. The minimum Gasteiger partial charge on any atom is -0.463 e. The van der Waals surface area contributed by atoms with E-state index in [1.165, 1.54) is 6.08 Å². The van der Waals surface area contributed by atoms with Crippen LogP contribution in [0.1, 0.15) is 20.3 Å². The van der Waals surface area contributed by atoms with Crippen LogP contribution < -0.4 is 5.32 Å². The summed E-state index contributed by atoms with van der Waals surface area (Å²) < 4.78 is 4.72. The second-order valence-corrected chi connectivity index (χ2v) is 2.03. The number of carbonyl (C=O) groups excluding carboxylic acids is 1. The Hall–Kier alpha value is -0.990. The third-order valence-corrected chi connectivity index (χ3v) is 1.28. The smallest absolute Gasteiger partial charge is 0.332 e. The summed E-state index contributed by atoms with van der Waals surface area (Å²) in [7, 11) is 1.79. The average Bonchev–Trinajstić information content (AvgIpc) is 2.01. The van der Waals surface area contributed by atoms with Crippen LogP contribution in [0.4, 0.5) is 0 Å². The summed E-state index contributed by atoms with van der Waals surface area (Å²) in [5.74, 6) is -0.279. The van der Waals surface area contributed by atoms with Crippen molar-refractivity contribution in [1.82, 2.24) is 5.32 Å². The monoisotopic (exact) mass is 157 g/mol. The summed E-state index contributed by atoms with van der Waals surface area (Å²) >= 11 is 0. The lowest BCUT2D eigenvalue weighted by Gasteiger charge is -2.02. The summed E-state index contributed by atoms with van der Waals surface area (Å²) in [5.41, 5.74) is 0.892. The lowest BCUT2D eigenvalue weighted by Crippen LogP contribution is -2.09. The highest BCUT2D eigenvalue weighted by molar-refractivity contribution is 5.82. The molecule has 0 atom stereocenters. The molecule has 0 aliphatic rings. The minimum absolute atomic E-state index is 0.279. The minimum atomic E-state index is -0.279. The highest BCUT2D eigenvalue weighted by Gasteiger charge is 1.97. The fourth-order valence-corrected chi connectivity index (χ4v) is 0.677. The molecule has 3 heteroatoms. The second kappa shape index (κ2) is 5.77. The highest BCUT2D eigenvalue weighted by atomic mass is 16.5. The lowest BCUT2D eigenvalue weighted by molar-refractivity contribution is -0.137. The van der Waals surface area contributed by atoms with Gasteiger partial charge in [-0.25, -0.2) is 4.79 Å². The Kier molecular flexibility index (Phi) is 5.25. The van der Waals surface area contributed by atoms with Crippen molar-refractivity contribution in [2.45, 2.75) is 20.3 Å². The molecule has 64 valence electrons. The van der Waals surface area contributed by atoms with Crippen LogP contribution in [0.5, 0.6) is 0 Å². The van der Waals surface area contributed by atoms with Gasteiger partial charge in [0.2, 0.25) is 0 Å². The number of hydrogen-bond donors (Lipinski definition) is 1. The van der Waals surface area contributed by atoms with E-state index in [1.807, 2.05) is 6.92 Å². The molecule has 0 radical (unpaired) electrons. The van der Waals surface area contributed by atoms with Gasteiger partial charge in [0.1, 0.15) is 0 Å². The van der Waals surface area contributed by atoms with Gasteiger partial charge in [-0.3, -0.25) is 0 Å². The lowest BCUT2D eigenvalue weighted by atomic mass is 10.3. The second-order valence-electron chi connectivity index (χ2n) is 2.03. The van der Waals surface area contributed by atoms with Gasteiger partial charge in [-0.1, -0.05) is 6.92 Å². The van der Waals surface area contributed by atoms with E-state index in [9.17, 15) is 4.79 Å². The summed E-state index contributed by atoms with van der Waals surface area (Å²) in [6.07, 6.45) is 2.29. The molecule has 11 heavy (non-hydrogen) atoms. The third-order valence-electron chi connectivity index (χ3n) is 1.28. The average molecular weight is 157 g/mol. The first-order chi connectivity index (χ1) is 5.24. The zero-order chi connectivity index (χ0) is 8.69. The quantitative estimate of drug-likeness (QED) is 0.490. The van der Waals surface area contributed by atoms with E-state index in [4.69, 9.17) is 4.74 Å². The Balaban J connectivity index is 3.93. The van der Waals surface area contributed by atoms with Crippen LogP contribution in [-0.2, 0) is 9.53 Å². The largest absolute Gasteiger partial charge is 0.463 e. The maximum atomic E-state index is 10.8. The fraction of sp³-hybridized carbons (Fsp3) is 0.625. The SMILES string of the molecule is CCOC(=O)/C=C(/CC)NC. The van der Waals surface area contributed by atoms with Crippen molar-refractivity contribution in [2.75, 3.05) is 13.7 Å². The molecular weight excluding hydrogens is 142 g/mol. The maximum Gasteiger partial charge on any atom is 0.332 e. The molecule has 0 aromatic heterocycles. The van der Waals surface area contributed by atoms with E-state index in [1.54, 1.807) is 14.0 Å². The third kappa shape index (κ3) is 4.42. The van der Waals surface area contributed by atoms with Crippen LogP contribution >= 0.6 is 0 Å². The molecule has 3 nitrogen and oxygen atoms in total. The van der Waals surface area contributed by atoms with Crippen molar-refractivity contribution in [3.05, 3.63) is 11.8 Å². The summed E-state index contributed by atoms with van der Waals surface area (Å²) in [5, 5.41) is 2.90. The van der Waals surface area contributed by atoms with Crippen molar-refractivity contribution in [1.29, 1.82) is 0 Å². The van der Waals surface area contributed by atoms with E-state index in [0.29, 0.717) is 6.61 Å². The molecule has 0 fully saturated rings. The number of esters is 1. The van der Waals surface area contributed by atoms with Gasteiger partial charge in [0.05, 0.1) is 6.61 Å². The zero-order valence-corrected chi connectivity index (χ0v) is 7.31. The Morgan fingerprint density at radius 1 is 1.55 bits per heavy atom. The molecule has 0 bridgehead atoms. The zero-order valence-electron chi connectivity index (χ0n) is 7.31. The number of rotatable bonds is 4. The van der Waals surface area contributed by atoms with E-state index in [0.717, 1.165) is 12.1 Å². The van der Waals surface area contributed by atoms with Crippen LogP contribution in [0.15, 0.2) is 11.8 Å². The predicted octanol–water partition coefficient (Wildman–Crippen LogP) is 1.06. The topological polar surface area (TPSA) is 38.3 Å². The number of ether oxygens (including phenoxy) is 1. The molecule has 0 rings (SSSR count). The van der Waals surface area contributed by atoms with E-state index >= 15 is 0 Å². The standard InChI is InChI=1S/C8H15NO2/c1-4-7(9-3)6-8(10)11-5-2/h6,9H,4-5H2,1-3H3/b7-6-. The van der Waals surface area contributed by atoms with Crippen LogP contribution in [0.2, 0.25) is 0 Å². The van der Waals surface area contributed by atoms with Crippen molar-refractivity contribution in [2.24, 2.45) is 0 Å². The van der Waals surface area contributed by atoms with Gasteiger partial charge >= 0.3 is 5.97 Å². The predicted molar refractivity (Wildman–Crippen MR) is 44.1 cm³/mol. The fourth-order valence-electron chi connectivity index (χ4n) is 0.677.